The van der Waals surface area contributed by atoms with Gasteiger partial charge in [-0.2, -0.15) is 0 Å². The molecule has 3 heteroatoms. The van der Waals surface area contributed by atoms with E-state index in [1.807, 2.05) is 27.7 Å². The molecule has 3 aliphatic rings. The van der Waals surface area contributed by atoms with E-state index in [1.165, 1.54) is 0 Å². The summed E-state index contributed by atoms with van der Waals surface area (Å²) in [7, 11) is 0. The average Bonchev–Trinajstić information content (AvgIpc) is 2.60. The van der Waals surface area contributed by atoms with Gasteiger partial charge >= 0.3 is 0 Å². The van der Waals surface area contributed by atoms with Crippen molar-refractivity contribution in [1.82, 2.24) is 0 Å². The first kappa shape index (κ1) is 12.3. The molecule has 0 aliphatic heterocycles. The van der Waals surface area contributed by atoms with E-state index in [2.05, 4.69) is 0 Å². The van der Waals surface area contributed by atoms with E-state index in [0.717, 1.165) is 0 Å². The summed E-state index contributed by atoms with van der Waals surface area (Å²) in [6.07, 6.45) is 1.23. The highest BCUT2D eigenvalue weighted by atomic mass is 16.3. The van der Waals surface area contributed by atoms with Crippen LogP contribution in [0.15, 0.2) is 0 Å². The zero-order valence-corrected chi connectivity index (χ0v) is 11.6. The molecule has 4 bridgehead atoms. The molecule has 3 fully saturated rings. The third-order valence-corrected chi connectivity index (χ3v) is 5.85. The lowest BCUT2D eigenvalue weighted by molar-refractivity contribution is -0.136. The van der Waals surface area contributed by atoms with Crippen molar-refractivity contribution >= 4 is 11.6 Å². The maximum atomic E-state index is 12.6. The summed E-state index contributed by atoms with van der Waals surface area (Å²) in [5, 5.41) is 10.3. The van der Waals surface area contributed by atoms with Gasteiger partial charge in [0.15, 0.2) is 0 Å². The lowest BCUT2D eigenvalue weighted by atomic mass is 9.64. The van der Waals surface area contributed by atoms with Gasteiger partial charge in [-0.05, 0) is 38.0 Å². The molecule has 100 valence electrons. The lowest BCUT2D eigenvalue weighted by Crippen LogP contribution is -2.45. The molecule has 0 heterocycles. The highest BCUT2D eigenvalue weighted by molar-refractivity contribution is 6.01. The van der Waals surface area contributed by atoms with E-state index in [0.29, 0.717) is 12.8 Å². The summed E-state index contributed by atoms with van der Waals surface area (Å²) in [6, 6.07) is 0. The molecule has 0 aromatic rings. The Morgan fingerprint density at radius 2 is 1.94 bits per heavy atom. The standard InChI is InChI=1S/C15H22O3/c1-7-5-9(16)12-11-8(14(2,3)18)6-15(12,4)13(17)10(7)11/h7-8,10-12,18H,5-6H2,1-4H3/t7-,8?,10-,11-,12-,15-/m0/s1. The van der Waals surface area contributed by atoms with Crippen LogP contribution in [0.3, 0.4) is 0 Å². The van der Waals surface area contributed by atoms with Crippen LogP contribution in [0.1, 0.15) is 40.5 Å². The Morgan fingerprint density at radius 3 is 2.50 bits per heavy atom. The Labute approximate surface area is 108 Å². The second kappa shape index (κ2) is 3.24. The fourth-order valence-corrected chi connectivity index (χ4v) is 5.14. The Kier molecular flexibility index (Phi) is 2.22. The van der Waals surface area contributed by atoms with Gasteiger partial charge in [0.25, 0.3) is 0 Å². The van der Waals surface area contributed by atoms with E-state index in [4.69, 9.17) is 0 Å². The van der Waals surface area contributed by atoms with Gasteiger partial charge in [0.2, 0.25) is 0 Å². The van der Waals surface area contributed by atoms with Crippen molar-refractivity contribution in [1.29, 1.82) is 0 Å². The molecular weight excluding hydrogens is 228 g/mol. The normalized spacial score (nSPS) is 51.1. The molecule has 3 rings (SSSR count). The Morgan fingerprint density at radius 1 is 1.33 bits per heavy atom. The van der Waals surface area contributed by atoms with Crippen molar-refractivity contribution in [2.45, 2.75) is 46.1 Å². The summed E-state index contributed by atoms with van der Waals surface area (Å²) in [5.74, 6) is 0.740. The highest BCUT2D eigenvalue weighted by Gasteiger charge is 2.72. The molecule has 0 amide bonds. The van der Waals surface area contributed by atoms with Crippen molar-refractivity contribution in [2.75, 3.05) is 0 Å². The van der Waals surface area contributed by atoms with Gasteiger partial charge in [0, 0.05) is 23.7 Å². The first-order valence-corrected chi connectivity index (χ1v) is 6.97. The van der Waals surface area contributed by atoms with E-state index < -0.39 is 11.0 Å². The quantitative estimate of drug-likeness (QED) is 0.772. The van der Waals surface area contributed by atoms with E-state index in [1.54, 1.807) is 0 Å². The second-order valence-corrected chi connectivity index (χ2v) is 7.47. The zero-order chi connectivity index (χ0) is 13.5. The summed E-state index contributed by atoms with van der Waals surface area (Å²) in [5.41, 5.74) is -1.29. The zero-order valence-electron chi connectivity index (χ0n) is 11.6. The number of rotatable bonds is 1. The minimum absolute atomic E-state index is 0.00266. The topological polar surface area (TPSA) is 54.4 Å². The Bertz CT molecular complexity index is 434. The average molecular weight is 250 g/mol. The van der Waals surface area contributed by atoms with Crippen LogP contribution >= 0.6 is 0 Å². The molecule has 1 N–H and O–H groups in total. The van der Waals surface area contributed by atoms with E-state index >= 15 is 0 Å². The van der Waals surface area contributed by atoms with Crippen LogP contribution in [-0.4, -0.2) is 22.3 Å². The summed E-state index contributed by atoms with van der Waals surface area (Å²) in [4.78, 5) is 24.9. The molecule has 3 saturated carbocycles. The molecule has 0 spiro atoms. The van der Waals surface area contributed by atoms with Gasteiger partial charge in [0.05, 0.1) is 5.60 Å². The summed E-state index contributed by atoms with van der Waals surface area (Å²) < 4.78 is 0. The first-order valence-electron chi connectivity index (χ1n) is 6.97. The fourth-order valence-electron chi connectivity index (χ4n) is 5.14. The van der Waals surface area contributed by atoms with E-state index in [9.17, 15) is 14.7 Å². The van der Waals surface area contributed by atoms with Gasteiger partial charge < -0.3 is 5.11 Å². The second-order valence-electron chi connectivity index (χ2n) is 7.47. The number of hydrogen-bond donors (Lipinski definition) is 1. The Hall–Kier alpha value is -0.700. The number of hydrogen-bond acceptors (Lipinski definition) is 3. The van der Waals surface area contributed by atoms with Crippen LogP contribution in [-0.2, 0) is 9.59 Å². The molecule has 0 aromatic heterocycles. The molecule has 1 unspecified atom stereocenters. The predicted molar refractivity (Wildman–Crippen MR) is 66.8 cm³/mol. The van der Waals surface area contributed by atoms with Crippen LogP contribution < -0.4 is 0 Å². The predicted octanol–water partition coefficient (Wildman–Crippen LogP) is 1.82. The maximum absolute atomic E-state index is 12.6. The van der Waals surface area contributed by atoms with Gasteiger partial charge in [-0.1, -0.05) is 13.8 Å². The SMILES string of the molecule is C[C@H]1CC(=O)[C@H]2[C@H]3C(C(C)(C)O)C[C@]2(C)C(=O)[C@H]31. The summed E-state index contributed by atoms with van der Waals surface area (Å²) >= 11 is 0. The monoisotopic (exact) mass is 250 g/mol. The van der Waals surface area contributed by atoms with E-state index in [-0.39, 0.29) is 41.2 Å². The minimum atomic E-state index is -0.795. The molecule has 0 radical (unpaired) electrons. The smallest absolute Gasteiger partial charge is 0.143 e. The number of carbonyl (C=O) groups excluding carboxylic acids is 2. The van der Waals surface area contributed by atoms with Gasteiger partial charge in [-0.15, -0.1) is 0 Å². The molecular formula is C15H22O3. The van der Waals surface area contributed by atoms with Crippen LogP contribution in [0.4, 0.5) is 0 Å². The van der Waals surface area contributed by atoms with Crippen molar-refractivity contribution in [3.05, 3.63) is 0 Å². The third-order valence-electron chi connectivity index (χ3n) is 5.85. The van der Waals surface area contributed by atoms with Crippen molar-refractivity contribution in [2.24, 2.45) is 35.0 Å². The van der Waals surface area contributed by atoms with Gasteiger partial charge in [-0.3, -0.25) is 9.59 Å². The van der Waals surface area contributed by atoms with Crippen LogP contribution in [0.25, 0.3) is 0 Å². The molecule has 0 aromatic carbocycles. The lowest BCUT2D eigenvalue weighted by Gasteiger charge is -2.41. The van der Waals surface area contributed by atoms with Crippen LogP contribution in [0.5, 0.6) is 0 Å². The Balaban J connectivity index is 2.11. The van der Waals surface area contributed by atoms with Crippen molar-refractivity contribution in [3.8, 4) is 0 Å². The maximum Gasteiger partial charge on any atom is 0.143 e. The fraction of sp³-hybridized carbons (Fsp3) is 0.867. The molecule has 3 nitrogen and oxygen atoms in total. The number of ketones is 2. The third kappa shape index (κ3) is 1.24. The van der Waals surface area contributed by atoms with Crippen molar-refractivity contribution < 1.29 is 14.7 Å². The molecule has 0 saturated heterocycles. The van der Waals surface area contributed by atoms with Gasteiger partial charge in [-0.25, -0.2) is 0 Å². The number of carbonyl (C=O) groups is 2. The summed E-state index contributed by atoms with van der Waals surface area (Å²) in [6.45, 7) is 7.60. The number of Topliss-reactive ketones (excluding diaryl/α,β-unsaturated/α-hetero) is 2. The highest BCUT2D eigenvalue weighted by Crippen LogP contribution is 2.67. The molecule has 3 aliphatic carbocycles. The van der Waals surface area contributed by atoms with Gasteiger partial charge in [0.1, 0.15) is 11.6 Å². The van der Waals surface area contributed by atoms with Crippen LogP contribution in [0.2, 0.25) is 0 Å². The van der Waals surface area contributed by atoms with Crippen LogP contribution in [0, 0.1) is 35.0 Å². The number of aliphatic hydroxyl groups is 1. The minimum Gasteiger partial charge on any atom is -0.390 e. The first-order chi connectivity index (χ1) is 8.18. The molecule has 18 heavy (non-hydrogen) atoms. The van der Waals surface area contributed by atoms with Crippen molar-refractivity contribution in [3.63, 3.8) is 0 Å². The largest absolute Gasteiger partial charge is 0.390 e. The molecule has 6 atom stereocenters.